The first-order valence-corrected chi connectivity index (χ1v) is 28.1. The summed E-state index contributed by atoms with van der Waals surface area (Å²) in [4.78, 5) is 106. The predicted octanol–water partition coefficient (Wildman–Crippen LogP) is 6.50. The van der Waals surface area contributed by atoms with Gasteiger partial charge in [-0.25, -0.2) is 9.78 Å². The summed E-state index contributed by atoms with van der Waals surface area (Å²) in [6.07, 6.45) is 2.28. The molecule has 6 amide bonds. The van der Waals surface area contributed by atoms with Gasteiger partial charge in [0.15, 0.2) is 5.78 Å². The minimum Gasteiger partial charge on any atom is -0.445 e. The van der Waals surface area contributed by atoms with E-state index in [-0.39, 0.29) is 84.6 Å². The number of ether oxygens (including phenoxy) is 3. The summed E-state index contributed by atoms with van der Waals surface area (Å²) < 4.78 is 17.8. The highest BCUT2D eigenvalue weighted by Gasteiger charge is 2.44. The van der Waals surface area contributed by atoms with Crippen LogP contribution >= 0.6 is 11.3 Å². The highest BCUT2D eigenvalue weighted by molar-refractivity contribution is 7.09. The molecule has 0 spiro atoms. The van der Waals surface area contributed by atoms with Crippen LogP contribution in [0, 0.1) is 29.6 Å². The lowest BCUT2D eigenvalue weighted by Gasteiger charge is -2.41. The zero-order chi connectivity index (χ0) is 57.3. The van der Waals surface area contributed by atoms with Gasteiger partial charge in [0, 0.05) is 52.9 Å². The molecule has 77 heavy (non-hydrogen) atoms. The summed E-state index contributed by atoms with van der Waals surface area (Å²) in [6.45, 7) is 18.8. The number of nitrogens with zero attached hydrogens (tertiary/aromatic N) is 4. The molecule has 1 aromatic heterocycles. The molecule has 3 aromatic rings. The Labute approximate surface area is 461 Å². The highest BCUT2D eigenvalue weighted by Crippen LogP contribution is 2.31. The number of Topliss-reactive ketones (excluding diaryl/α,β-unsaturated/α-hetero) is 1. The van der Waals surface area contributed by atoms with E-state index in [1.54, 1.807) is 75.2 Å². The highest BCUT2D eigenvalue weighted by atomic mass is 32.1. The molecule has 4 rings (SSSR count). The molecule has 0 bridgehead atoms. The van der Waals surface area contributed by atoms with Crippen molar-refractivity contribution in [3.8, 4) is 0 Å². The molecule has 0 unspecified atom stereocenters. The number of thiazole rings is 1. The molecule has 11 atom stereocenters. The largest absolute Gasteiger partial charge is 0.445 e. The Morgan fingerprint density at radius 1 is 0.779 bits per heavy atom. The number of likely N-dealkylation sites (N-methyl/N-ethyl adjacent to an activating group) is 2. The number of amides is 6. The Morgan fingerprint density at radius 2 is 1.43 bits per heavy atom. The van der Waals surface area contributed by atoms with Crippen LogP contribution < -0.4 is 21.7 Å². The zero-order valence-electron chi connectivity index (χ0n) is 47.9. The monoisotopic (exact) mass is 1090 g/mol. The summed E-state index contributed by atoms with van der Waals surface area (Å²) in [5.74, 6) is -3.41. The molecule has 2 heterocycles. The molecule has 1 fully saturated rings. The van der Waals surface area contributed by atoms with Crippen molar-refractivity contribution in [2.75, 3.05) is 34.9 Å². The summed E-state index contributed by atoms with van der Waals surface area (Å²) >= 11 is 1.48. The first-order valence-electron chi connectivity index (χ1n) is 27.2. The third kappa shape index (κ3) is 17.6. The van der Waals surface area contributed by atoms with Crippen molar-refractivity contribution in [2.24, 2.45) is 35.3 Å². The summed E-state index contributed by atoms with van der Waals surface area (Å²) in [5.41, 5.74) is 8.36. The predicted molar refractivity (Wildman–Crippen MR) is 298 cm³/mol. The van der Waals surface area contributed by atoms with Gasteiger partial charge in [-0.3, -0.25) is 33.7 Å². The lowest BCUT2D eigenvalue weighted by atomic mass is 9.89. The van der Waals surface area contributed by atoms with Crippen LogP contribution in [0.5, 0.6) is 0 Å². The molecule has 0 radical (unpaired) electrons. The molecule has 1 saturated heterocycles. The fourth-order valence-corrected chi connectivity index (χ4v) is 10.8. The van der Waals surface area contributed by atoms with E-state index < -0.39 is 60.3 Å². The lowest BCUT2D eigenvalue weighted by Crippen LogP contribution is -2.60. The van der Waals surface area contributed by atoms with Crippen LogP contribution in [0.2, 0.25) is 0 Å². The molecule has 2 aromatic carbocycles. The Kier molecular flexibility index (Phi) is 25.2. The van der Waals surface area contributed by atoms with Gasteiger partial charge in [0.25, 0.3) is 0 Å². The first-order chi connectivity index (χ1) is 36.4. The number of nitrogens with one attached hydrogen (secondary N) is 3. The van der Waals surface area contributed by atoms with Gasteiger partial charge in [-0.05, 0) is 66.5 Å². The maximum absolute atomic E-state index is 14.7. The van der Waals surface area contributed by atoms with Gasteiger partial charge >= 0.3 is 6.09 Å². The van der Waals surface area contributed by atoms with E-state index in [0.29, 0.717) is 36.9 Å². The average Bonchev–Trinajstić information content (AvgIpc) is 4.13. The number of aromatic nitrogens is 1. The molecule has 18 nitrogen and oxygen atoms in total. The number of likely N-dealkylation sites (tertiary alicyclic amines) is 1. The normalized spacial score (nSPS) is 17.5. The SMILES string of the molecule is CC[C@H](C)[C@@H]([C@@H](CC(=O)N1CCC[C@H]1[C@H](OC)[C@@H](C)C(=O)N[C@@H](Cc1ccccc1)c1nccs1)OC)N(C)C(=O)[C@@H](NC(=O)[C@H](C(C)C)N(C)C(=O)OCc1ccc(CC(=O)[C@H](C)NC(=O)[C@@H](N)C(C)C)cc1)C(C)C. The van der Waals surface area contributed by atoms with Crippen LogP contribution in [-0.2, 0) is 62.4 Å². The number of benzene rings is 2. The van der Waals surface area contributed by atoms with E-state index in [4.69, 9.17) is 19.9 Å². The second-order valence-corrected chi connectivity index (χ2v) is 22.7. The molecule has 1 aliphatic heterocycles. The van der Waals surface area contributed by atoms with Crippen molar-refractivity contribution >= 4 is 52.7 Å². The topological polar surface area (TPSA) is 232 Å². The van der Waals surface area contributed by atoms with Gasteiger partial charge < -0.3 is 45.7 Å². The van der Waals surface area contributed by atoms with E-state index in [2.05, 4.69) is 20.9 Å². The van der Waals surface area contributed by atoms with Crippen LogP contribution in [0.25, 0.3) is 0 Å². The van der Waals surface area contributed by atoms with Crippen molar-refractivity contribution < 1.29 is 47.8 Å². The minimum atomic E-state index is -1.01. The Morgan fingerprint density at radius 3 is 1.99 bits per heavy atom. The quantitative estimate of drug-likeness (QED) is 0.0584. The number of ketones is 1. The molecular weight excluding hydrogens is 1000 g/mol. The van der Waals surface area contributed by atoms with E-state index in [9.17, 15) is 33.6 Å². The summed E-state index contributed by atoms with van der Waals surface area (Å²) in [7, 11) is 6.26. The third-order valence-electron chi connectivity index (χ3n) is 15.1. The lowest BCUT2D eigenvalue weighted by molar-refractivity contribution is -0.148. The number of rotatable bonds is 29. The Balaban J connectivity index is 1.41. The van der Waals surface area contributed by atoms with Gasteiger partial charge in [-0.1, -0.05) is 123 Å². The Bertz CT molecular complexity index is 2370. The van der Waals surface area contributed by atoms with Gasteiger partial charge in [-0.15, -0.1) is 11.3 Å². The standard InChI is InChI=1S/C58H88N8O10S/c1-15-37(8)51(46(74-13)32-47(68)66-28-19-22-44(66)52(75-14)38(9)53(69)62-43(56-60-27-29-77-56)30-40-20-17-16-18-21-40)64(11)57(72)49(35(4)5)63-55(71)50(36(6)7)65(12)58(73)76-33-42-25-23-41(24-26-42)31-45(67)39(10)61-54(70)48(59)34(2)3/h16-18,20-21,23-27,29,34-39,43-44,46,48-52H,15,19,22,28,30-33,59H2,1-14H3,(H,61,70)(H,62,69)(H,63,71)/t37-,38+,39-,43-,44-,46+,48-,49-,50-,51-,52+/m0/s1. The van der Waals surface area contributed by atoms with Crippen LogP contribution in [0.1, 0.15) is 123 Å². The van der Waals surface area contributed by atoms with Gasteiger partial charge in [0.2, 0.25) is 29.5 Å². The van der Waals surface area contributed by atoms with E-state index >= 15 is 0 Å². The van der Waals surface area contributed by atoms with Gasteiger partial charge in [0.1, 0.15) is 23.7 Å². The second-order valence-electron chi connectivity index (χ2n) is 21.8. The molecule has 5 N–H and O–H groups in total. The number of carbonyl (C=O) groups excluding carboxylic acids is 7. The molecule has 0 aliphatic carbocycles. The number of nitrogens with two attached hydrogens (primary N) is 1. The maximum Gasteiger partial charge on any atom is 0.410 e. The van der Waals surface area contributed by atoms with Crippen LogP contribution in [-0.4, -0.2) is 144 Å². The summed E-state index contributed by atoms with van der Waals surface area (Å²) in [5, 5.41) is 11.6. The van der Waals surface area contributed by atoms with Crippen molar-refractivity contribution in [2.45, 2.75) is 169 Å². The molecular formula is C58H88N8O10S. The average molecular weight is 1090 g/mol. The number of carbonyl (C=O) groups is 7. The smallest absolute Gasteiger partial charge is 0.410 e. The van der Waals surface area contributed by atoms with Crippen molar-refractivity contribution in [1.82, 2.24) is 35.6 Å². The van der Waals surface area contributed by atoms with Crippen LogP contribution in [0.3, 0.4) is 0 Å². The van der Waals surface area contributed by atoms with Crippen molar-refractivity contribution in [1.29, 1.82) is 0 Å². The third-order valence-corrected chi connectivity index (χ3v) is 16.0. The molecule has 19 heteroatoms. The van der Waals surface area contributed by atoms with E-state index in [0.717, 1.165) is 17.0 Å². The fraction of sp³-hybridized carbons (Fsp3) is 0.621. The van der Waals surface area contributed by atoms with Crippen LogP contribution in [0.4, 0.5) is 4.79 Å². The first kappa shape index (κ1) is 63.8. The van der Waals surface area contributed by atoms with Gasteiger partial charge in [-0.2, -0.15) is 0 Å². The summed E-state index contributed by atoms with van der Waals surface area (Å²) in [6, 6.07) is 12.2. The number of methoxy groups -OCH3 is 2. The van der Waals surface area contributed by atoms with Gasteiger partial charge in [0.05, 0.1) is 54.8 Å². The number of hydrogen-bond acceptors (Lipinski definition) is 13. The molecule has 426 valence electrons. The van der Waals surface area contributed by atoms with E-state index in [1.807, 2.05) is 84.2 Å². The molecule has 0 saturated carbocycles. The minimum absolute atomic E-state index is 0.0422. The van der Waals surface area contributed by atoms with Crippen molar-refractivity contribution in [3.63, 3.8) is 0 Å². The van der Waals surface area contributed by atoms with E-state index in [1.165, 1.54) is 30.4 Å². The number of hydrogen-bond donors (Lipinski definition) is 4. The zero-order valence-corrected chi connectivity index (χ0v) is 48.8. The van der Waals surface area contributed by atoms with Crippen LogP contribution in [0.15, 0.2) is 66.2 Å². The fourth-order valence-electron chi connectivity index (χ4n) is 10.1. The molecule has 1 aliphatic rings. The van der Waals surface area contributed by atoms with Crippen molar-refractivity contribution in [3.05, 3.63) is 87.9 Å². The Hall–Kier alpha value is -5.76. The second kappa shape index (κ2) is 30.4. The maximum atomic E-state index is 14.7.